The lowest BCUT2D eigenvalue weighted by atomic mass is 10.3. The van der Waals surface area contributed by atoms with Gasteiger partial charge in [0, 0.05) is 6.54 Å². The van der Waals surface area contributed by atoms with Gasteiger partial charge in [-0.25, -0.2) is 0 Å². The van der Waals surface area contributed by atoms with E-state index in [9.17, 15) is 0 Å². The minimum absolute atomic E-state index is 0.271. The van der Waals surface area contributed by atoms with Gasteiger partial charge in [0.15, 0.2) is 0 Å². The number of nitrogens with one attached hydrogen (secondary N) is 2. The van der Waals surface area contributed by atoms with Gasteiger partial charge in [-0.05, 0) is 26.0 Å². The molecule has 0 aliphatic heterocycles. The Morgan fingerprint density at radius 2 is 1.85 bits per heavy atom. The van der Waals surface area contributed by atoms with Crippen molar-refractivity contribution in [1.82, 2.24) is 15.0 Å². The molecular formula is C13H16ClN5O. The van der Waals surface area contributed by atoms with Crippen molar-refractivity contribution in [3.63, 3.8) is 0 Å². The van der Waals surface area contributed by atoms with Gasteiger partial charge in [0.05, 0.1) is 17.3 Å². The maximum atomic E-state index is 6.10. The van der Waals surface area contributed by atoms with E-state index in [1.165, 1.54) is 0 Å². The van der Waals surface area contributed by atoms with Crippen molar-refractivity contribution >= 4 is 29.2 Å². The maximum Gasteiger partial charge on any atom is 0.323 e. The van der Waals surface area contributed by atoms with E-state index in [0.717, 1.165) is 5.69 Å². The number of anilines is 3. The van der Waals surface area contributed by atoms with Gasteiger partial charge in [0.1, 0.15) is 0 Å². The Bertz CT molecular complexity index is 554. The smallest absolute Gasteiger partial charge is 0.323 e. The van der Waals surface area contributed by atoms with Gasteiger partial charge in [-0.2, -0.15) is 15.0 Å². The van der Waals surface area contributed by atoms with Gasteiger partial charge >= 0.3 is 6.01 Å². The van der Waals surface area contributed by atoms with E-state index < -0.39 is 0 Å². The zero-order valence-corrected chi connectivity index (χ0v) is 12.1. The van der Waals surface area contributed by atoms with Crippen LogP contribution in [-0.2, 0) is 0 Å². The minimum Gasteiger partial charge on any atom is -0.464 e. The first-order chi connectivity index (χ1) is 9.72. The van der Waals surface area contributed by atoms with Crippen LogP contribution in [0.5, 0.6) is 6.01 Å². The van der Waals surface area contributed by atoms with Crippen molar-refractivity contribution in [2.45, 2.75) is 13.8 Å². The first kappa shape index (κ1) is 14.3. The Morgan fingerprint density at radius 1 is 1.10 bits per heavy atom. The summed E-state index contributed by atoms with van der Waals surface area (Å²) in [6.45, 7) is 5.03. The molecule has 0 unspecified atom stereocenters. The highest BCUT2D eigenvalue weighted by Gasteiger charge is 2.08. The van der Waals surface area contributed by atoms with Crippen LogP contribution in [0.3, 0.4) is 0 Å². The van der Waals surface area contributed by atoms with Crippen LogP contribution in [-0.4, -0.2) is 28.1 Å². The lowest BCUT2D eigenvalue weighted by molar-refractivity contribution is 0.312. The molecule has 0 spiro atoms. The third kappa shape index (κ3) is 3.71. The van der Waals surface area contributed by atoms with Crippen LogP contribution in [0.1, 0.15) is 13.8 Å². The standard InChI is InChI=1S/C13H16ClN5O/c1-3-15-11-17-12(19-13(18-11)20-4-2)16-10-8-6-5-7-9(10)14/h5-8H,3-4H2,1-2H3,(H2,15,16,17,18,19). The topological polar surface area (TPSA) is 72.0 Å². The fourth-order valence-electron chi connectivity index (χ4n) is 1.53. The summed E-state index contributed by atoms with van der Waals surface area (Å²) in [4.78, 5) is 12.6. The Hall–Kier alpha value is -2.08. The van der Waals surface area contributed by atoms with E-state index in [4.69, 9.17) is 16.3 Å². The van der Waals surface area contributed by atoms with Crippen LogP contribution in [0.2, 0.25) is 5.02 Å². The number of benzene rings is 1. The van der Waals surface area contributed by atoms with E-state index in [1.54, 1.807) is 6.07 Å². The van der Waals surface area contributed by atoms with E-state index >= 15 is 0 Å². The molecule has 6 nitrogen and oxygen atoms in total. The summed E-state index contributed by atoms with van der Waals surface area (Å²) in [5.41, 5.74) is 0.727. The van der Waals surface area contributed by atoms with Gasteiger partial charge in [-0.3, -0.25) is 0 Å². The molecular weight excluding hydrogens is 278 g/mol. The zero-order valence-electron chi connectivity index (χ0n) is 11.4. The summed E-state index contributed by atoms with van der Waals surface area (Å²) in [6, 6.07) is 7.65. The van der Waals surface area contributed by atoms with Crippen molar-refractivity contribution in [2.75, 3.05) is 23.8 Å². The quantitative estimate of drug-likeness (QED) is 0.853. The maximum absolute atomic E-state index is 6.10. The third-order valence-corrected chi connectivity index (χ3v) is 2.67. The van der Waals surface area contributed by atoms with E-state index in [1.807, 2.05) is 32.0 Å². The lowest BCUT2D eigenvalue weighted by Gasteiger charge is -2.10. The van der Waals surface area contributed by atoms with Gasteiger partial charge in [0.2, 0.25) is 11.9 Å². The first-order valence-corrected chi connectivity index (χ1v) is 6.75. The van der Waals surface area contributed by atoms with Crippen LogP contribution in [0, 0.1) is 0 Å². The van der Waals surface area contributed by atoms with Crippen molar-refractivity contribution < 1.29 is 4.74 Å². The fourth-order valence-corrected chi connectivity index (χ4v) is 1.71. The van der Waals surface area contributed by atoms with Crippen LogP contribution >= 0.6 is 11.6 Å². The molecule has 106 valence electrons. The molecule has 0 fully saturated rings. The number of ether oxygens (including phenoxy) is 1. The molecule has 2 rings (SSSR count). The first-order valence-electron chi connectivity index (χ1n) is 6.37. The molecule has 0 saturated heterocycles. The lowest BCUT2D eigenvalue weighted by Crippen LogP contribution is -2.09. The third-order valence-electron chi connectivity index (χ3n) is 2.34. The number of halogens is 1. The van der Waals surface area contributed by atoms with Crippen molar-refractivity contribution in [3.8, 4) is 6.01 Å². The molecule has 2 N–H and O–H groups in total. The summed E-state index contributed by atoms with van der Waals surface area (Å²) in [5.74, 6) is 0.841. The highest BCUT2D eigenvalue weighted by Crippen LogP contribution is 2.24. The molecule has 0 amide bonds. The number of para-hydroxylation sites is 1. The second-order valence-corrected chi connectivity index (χ2v) is 4.24. The van der Waals surface area contributed by atoms with Gasteiger partial charge in [-0.15, -0.1) is 0 Å². The number of hydrogen-bond acceptors (Lipinski definition) is 6. The molecule has 2 aromatic rings. The second-order valence-electron chi connectivity index (χ2n) is 3.83. The molecule has 0 atom stereocenters. The van der Waals surface area contributed by atoms with Crippen LogP contribution < -0.4 is 15.4 Å². The molecule has 0 bridgehead atoms. The van der Waals surface area contributed by atoms with Gasteiger partial charge in [-0.1, -0.05) is 23.7 Å². The Kier molecular flexibility index (Phi) is 4.95. The molecule has 0 aliphatic rings. The zero-order chi connectivity index (χ0) is 14.4. The number of aromatic nitrogens is 3. The molecule has 1 aromatic carbocycles. The van der Waals surface area contributed by atoms with Gasteiger partial charge < -0.3 is 15.4 Å². The van der Waals surface area contributed by atoms with Crippen molar-refractivity contribution in [3.05, 3.63) is 29.3 Å². The Balaban J connectivity index is 2.28. The minimum atomic E-state index is 0.271. The van der Waals surface area contributed by atoms with Crippen molar-refractivity contribution in [2.24, 2.45) is 0 Å². The highest BCUT2D eigenvalue weighted by atomic mass is 35.5. The molecule has 0 aliphatic carbocycles. The summed E-state index contributed by atoms with van der Waals surface area (Å²) in [5, 5.41) is 6.68. The normalized spacial score (nSPS) is 10.2. The Morgan fingerprint density at radius 3 is 2.55 bits per heavy atom. The van der Waals surface area contributed by atoms with Crippen LogP contribution in [0.4, 0.5) is 17.6 Å². The van der Waals surface area contributed by atoms with Crippen LogP contribution in [0.25, 0.3) is 0 Å². The molecule has 7 heteroatoms. The predicted molar refractivity (Wildman–Crippen MR) is 79.9 cm³/mol. The summed E-state index contributed by atoms with van der Waals surface area (Å²) in [7, 11) is 0. The molecule has 1 heterocycles. The average molecular weight is 294 g/mol. The summed E-state index contributed by atoms with van der Waals surface area (Å²) < 4.78 is 5.33. The largest absolute Gasteiger partial charge is 0.464 e. The molecule has 1 aromatic heterocycles. The van der Waals surface area contributed by atoms with Gasteiger partial charge in [0.25, 0.3) is 0 Å². The van der Waals surface area contributed by atoms with Crippen molar-refractivity contribution in [1.29, 1.82) is 0 Å². The molecule has 20 heavy (non-hydrogen) atoms. The number of rotatable bonds is 6. The second kappa shape index (κ2) is 6.91. The fraction of sp³-hybridized carbons (Fsp3) is 0.308. The van der Waals surface area contributed by atoms with E-state index in [2.05, 4.69) is 25.6 Å². The highest BCUT2D eigenvalue weighted by molar-refractivity contribution is 6.33. The summed E-state index contributed by atoms with van der Waals surface area (Å²) in [6.07, 6.45) is 0. The van der Waals surface area contributed by atoms with E-state index in [-0.39, 0.29) is 6.01 Å². The Labute approximate surface area is 122 Å². The average Bonchev–Trinajstić information content (AvgIpc) is 2.42. The molecule has 0 radical (unpaired) electrons. The monoisotopic (exact) mass is 293 g/mol. The molecule has 0 saturated carbocycles. The predicted octanol–water partition coefficient (Wildman–Crippen LogP) is 3.10. The van der Waals surface area contributed by atoms with Crippen LogP contribution in [0.15, 0.2) is 24.3 Å². The summed E-state index contributed by atoms with van der Waals surface area (Å²) >= 11 is 6.10. The number of nitrogens with zero attached hydrogens (tertiary/aromatic N) is 3. The SMILES string of the molecule is CCNc1nc(Nc2ccccc2Cl)nc(OCC)n1. The number of hydrogen-bond donors (Lipinski definition) is 2. The van der Waals surface area contributed by atoms with E-state index in [0.29, 0.717) is 30.1 Å².